The topological polar surface area (TPSA) is 105 Å². The van der Waals surface area contributed by atoms with Crippen LogP contribution in [-0.2, 0) is 26.2 Å². The SMILES string of the molecule is CC[C@@H](C(=O)NC1CCCCC1)N(Cc1ccc(F)cc1)C(=O)CN(c1ccc2c(c1)OCCO2)S(=O)(=O)CC. The van der Waals surface area contributed by atoms with Gasteiger partial charge in [0.2, 0.25) is 21.8 Å². The molecule has 0 aromatic heterocycles. The maximum Gasteiger partial charge on any atom is 0.244 e. The minimum atomic E-state index is -3.88. The van der Waals surface area contributed by atoms with Crippen LogP contribution in [0.15, 0.2) is 42.5 Å². The Morgan fingerprint density at radius 2 is 1.68 bits per heavy atom. The zero-order valence-electron chi connectivity index (χ0n) is 23.1. The molecule has 0 unspecified atom stereocenters. The van der Waals surface area contributed by atoms with Crippen LogP contribution in [0.3, 0.4) is 0 Å². The molecule has 1 heterocycles. The minimum Gasteiger partial charge on any atom is -0.486 e. The van der Waals surface area contributed by atoms with E-state index in [1.54, 1.807) is 30.3 Å². The number of amides is 2. The van der Waals surface area contributed by atoms with Crippen LogP contribution >= 0.6 is 0 Å². The van der Waals surface area contributed by atoms with E-state index in [2.05, 4.69) is 5.32 Å². The fourth-order valence-corrected chi connectivity index (χ4v) is 6.21. The van der Waals surface area contributed by atoms with E-state index < -0.39 is 34.3 Å². The first-order valence-electron chi connectivity index (χ1n) is 14.0. The van der Waals surface area contributed by atoms with Gasteiger partial charge in [-0.25, -0.2) is 12.8 Å². The third-order valence-corrected chi connectivity index (χ3v) is 9.14. The molecule has 1 fully saturated rings. The van der Waals surface area contributed by atoms with Gasteiger partial charge in [-0.05, 0) is 56.0 Å². The maximum absolute atomic E-state index is 14.0. The van der Waals surface area contributed by atoms with Gasteiger partial charge in [0.15, 0.2) is 11.5 Å². The molecule has 0 bridgehead atoms. The molecular formula is C29H38FN3O6S. The van der Waals surface area contributed by atoms with Gasteiger partial charge in [-0.1, -0.05) is 38.3 Å². The summed E-state index contributed by atoms with van der Waals surface area (Å²) in [4.78, 5) is 28.8. The van der Waals surface area contributed by atoms with E-state index in [9.17, 15) is 22.4 Å². The second kappa shape index (κ2) is 13.3. The number of hydrogen-bond acceptors (Lipinski definition) is 6. The third-order valence-electron chi connectivity index (χ3n) is 7.40. The molecule has 2 aromatic rings. The van der Waals surface area contributed by atoms with Crippen LogP contribution in [0.25, 0.3) is 0 Å². The molecule has 1 atom stereocenters. The van der Waals surface area contributed by atoms with Crippen molar-refractivity contribution in [2.45, 2.75) is 71.0 Å². The summed E-state index contributed by atoms with van der Waals surface area (Å²) in [7, 11) is -3.88. The second-order valence-corrected chi connectivity index (χ2v) is 12.3. The molecule has 40 heavy (non-hydrogen) atoms. The van der Waals surface area contributed by atoms with Gasteiger partial charge < -0.3 is 19.7 Å². The molecule has 1 saturated carbocycles. The predicted molar refractivity (Wildman–Crippen MR) is 150 cm³/mol. The lowest BCUT2D eigenvalue weighted by atomic mass is 9.95. The van der Waals surface area contributed by atoms with Crippen molar-refractivity contribution < 1.29 is 31.9 Å². The number of sulfonamides is 1. The predicted octanol–water partition coefficient (Wildman–Crippen LogP) is 4.01. The van der Waals surface area contributed by atoms with Gasteiger partial charge in [0.1, 0.15) is 31.6 Å². The molecule has 4 rings (SSSR count). The van der Waals surface area contributed by atoms with Gasteiger partial charge in [0, 0.05) is 18.7 Å². The standard InChI is InChI=1S/C29H38FN3O6S/c1-3-25(29(35)31-23-8-6-5-7-9-23)32(19-21-10-12-22(30)13-11-21)28(34)20-33(40(36,37)4-2)24-14-15-26-27(18-24)39-17-16-38-26/h10-15,18,23,25H,3-9,16-17,19-20H2,1-2H3,(H,31,35)/t25-/m0/s1. The Labute approximate surface area is 235 Å². The lowest BCUT2D eigenvalue weighted by Crippen LogP contribution is -2.54. The number of nitrogens with zero attached hydrogens (tertiary/aromatic N) is 2. The number of fused-ring (bicyclic) bond motifs is 1. The van der Waals surface area contributed by atoms with Crippen LogP contribution < -0.4 is 19.1 Å². The smallest absolute Gasteiger partial charge is 0.244 e. The van der Waals surface area contributed by atoms with Gasteiger partial charge in [0.05, 0.1) is 11.4 Å². The number of carbonyl (C=O) groups is 2. The molecule has 2 aromatic carbocycles. The Hall–Kier alpha value is -3.34. The molecule has 0 saturated heterocycles. The van der Waals surface area contributed by atoms with E-state index in [-0.39, 0.29) is 29.9 Å². The molecule has 2 amide bonds. The number of benzene rings is 2. The lowest BCUT2D eigenvalue weighted by molar-refractivity contribution is -0.140. The number of hydrogen-bond donors (Lipinski definition) is 1. The van der Waals surface area contributed by atoms with E-state index in [0.717, 1.165) is 36.4 Å². The Morgan fingerprint density at radius 1 is 1.00 bits per heavy atom. The third kappa shape index (κ3) is 7.24. The molecule has 11 heteroatoms. The van der Waals surface area contributed by atoms with Crippen molar-refractivity contribution in [1.82, 2.24) is 10.2 Å². The highest BCUT2D eigenvalue weighted by Gasteiger charge is 2.33. The van der Waals surface area contributed by atoms with Crippen LogP contribution in [0.5, 0.6) is 11.5 Å². The zero-order valence-corrected chi connectivity index (χ0v) is 23.9. The fraction of sp³-hybridized carbons (Fsp3) is 0.517. The van der Waals surface area contributed by atoms with Crippen LogP contribution in [-0.4, -0.2) is 62.7 Å². The summed E-state index contributed by atoms with van der Waals surface area (Å²) in [6, 6.07) is 9.67. The van der Waals surface area contributed by atoms with Crippen molar-refractivity contribution in [3.63, 3.8) is 0 Å². The van der Waals surface area contributed by atoms with E-state index in [0.29, 0.717) is 36.7 Å². The largest absolute Gasteiger partial charge is 0.486 e. The molecule has 2 aliphatic rings. The summed E-state index contributed by atoms with van der Waals surface area (Å²) >= 11 is 0. The monoisotopic (exact) mass is 575 g/mol. The first-order valence-corrected chi connectivity index (χ1v) is 15.6. The summed E-state index contributed by atoms with van der Waals surface area (Å²) in [5.74, 6) is -0.558. The van der Waals surface area contributed by atoms with E-state index in [4.69, 9.17) is 9.47 Å². The van der Waals surface area contributed by atoms with E-state index in [1.807, 2.05) is 6.92 Å². The summed E-state index contributed by atoms with van der Waals surface area (Å²) in [6.07, 6.45) is 5.33. The molecular weight excluding hydrogens is 537 g/mol. The van der Waals surface area contributed by atoms with Crippen LogP contribution in [0.2, 0.25) is 0 Å². The van der Waals surface area contributed by atoms with Crippen molar-refractivity contribution in [3.05, 3.63) is 53.8 Å². The molecule has 0 spiro atoms. The average molecular weight is 576 g/mol. The molecule has 9 nitrogen and oxygen atoms in total. The molecule has 1 aliphatic carbocycles. The fourth-order valence-electron chi connectivity index (χ4n) is 5.16. The van der Waals surface area contributed by atoms with Gasteiger partial charge in [-0.2, -0.15) is 0 Å². The normalized spacial score (nSPS) is 16.2. The van der Waals surface area contributed by atoms with Gasteiger partial charge in [0.25, 0.3) is 0 Å². The number of ether oxygens (including phenoxy) is 2. The molecule has 1 N–H and O–H groups in total. The van der Waals surface area contributed by atoms with Crippen LogP contribution in [0, 0.1) is 5.82 Å². The second-order valence-electron chi connectivity index (χ2n) is 10.2. The number of carbonyl (C=O) groups excluding carboxylic acids is 2. The van der Waals surface area contributed by atoms with E-state index in [1.165, 1.54) is 24.0 Å². The average Bonchev–Trinajstić information content (AvgIpc) is 2.97. The highest BCUT2D eigenvalue weighted by atomic mass is 32.2. The highest BCUT2D eigenvalue weighted by Crippen LogP contribution is 2.35. The Balaban J connectivity index is 1.64. The molecule has 218 valence electrons. The zero-order chi connectivity index (χ0) is 28.7. The molecule has 1 aliphatic heterocycles. The van der Waals surface area contributed by atoms with Crippen molar-refractivity contribution in [2.75, 3.05) is 29.8 Å². The number of anilines is 1. The first kappa shape index (κ1) is 29.6. The quantitative estimate of drug-likeness (QED) is 0.434. The number of rotatable bonds is 11. The highest BCUT2D eigenvalue weighted by molar-refractivity contribution is 7.92. The number of nitrogens with one attached hydrogen (secondary N) is 1. The Morgan fingerprint density at radius 3 is 2.33 bits per heavy atom. The summed E-state index contributed by atoms with van der Waals surface area (Å²) in [6.45, 7) is 3.56. The minimum absolute atomic E-state index is 0.0247. The Kier molecular flexibility index (Phi) is 9.89. The van der Waals surface area contributed by atoms with Crippen LogP contribution in [0.4, 0.5) is 10.1 Å². The summed E-state index contributed by atoms with van der Waals surface area (Å²) < 4.78 is 52.3. The van der Waals surface area contributed by atoms with Gasteiger partial charge in [-0.15, -0.1) is 0 Å². The van der Waals surface area contributed by atoms with Crippen molar-refractivity contribution in [2.24, 2.45) is 0 Å². The molecule has 0 radical (unpaired) electrons. The first-order chi connectivity index (χ1) is 19.2. The summed E-state index contributed by atoms with van der Waals surface area (Å²) in [5, 5.41) is 3.11. The van der Waals surface area contributed by atoms with Gasteiger partial charge >= 0.3 is 0 Å². The maximum atomic E-state index is 14.0. The number of halogens is 1. The lowest BCUT2D eigenvalue weighted by Gasteiger charge is -2.34. The van der Waals surface area contributed by atoms with Crippen molar-refractivity contribution in [1.29, 1.82) is 0 Å². The van der Waals surface area contributed by atoms with Crippen LogP contribution in [0.1, 0.15) is 57.9 Å². The van der Waals surface area contributed by atoms with Crippen molar-refractivity contribution in [3.8, 4) is 11.5 Å². The Bertz CT molecular complexity index is 1280. The van der Waals surface area contributed by atoms with Gasteiger partial charge in [-0.3, -0.25) is 13.9 Å². The van der Waals surface area contributed by atoms with E-state index >= 15 is 0 Å². The van der Waals surface area contributed by atoms with Crippen molar-refractivity contribution >= 4 is 27.5 Å². The summed E-state index contributed by atoms with van der Waals surface area (Å²) in [5.41, 5.74) is 0.892.